The molecule has 5 nitrogen and oxygen atoms in total. The van der Waals surface area contributed by atoms with Crippen LogP contribution in [0.2, 0.25) is 0 Å². The number of hydrogen-bond acceptors (Lipinski definition) is 6. The zero-order chi connectivity index (χ0) is 28.9. The molecular formula is C36H44N2O3S. The summed E-state index contributed by atoms with van der Waals surface area (Å²) in [6, 6.07) is 24.3. The van der Waals surface area contributed by atoms with E-state index in [0.29, 0.717) is 6.04 Å². The van der Waals surface area contributed by atoms with Crippen LogP contribution in [0.3, 0.4) is 0 Å². The van der Waals surface area contributed by atoms with Crippen LogP contribution in [0.15, 0.2) is 66.7 Å². The number of likely N-dealkylation sites (N-methyl/N-ethyl adjacent to an activating group) is 1. The molecule has 1 aliphatic carbocycles. The topological polar surface area (TPSA) is 34.2 Å². The van der Waals surface area contributed by atoms with Crippen molar-refractivity contribution >= 4 is 21.4 Å². The molecular weight excluding hydrogens is 540 g/mol. The van der Waals surface area contributed by atoms with E-state index < -0.39 is 0 Å². The number of ether oxygens (including phenoxy) is 3. The van der Waals surface area contributed by atoms with Gasteiger partial charge in [0.2, 0.25) is 0 Å². The maximum atomic E-state index is 6.51. The van der Waals surface area contributed by atoms with Crippen molar-refractivity contribution in [2.45, 2.75) is 57.1 Å². The third-order valence-electron chi connectivity index (χ3n) is 8.91. The summed E-state index contributed by atoms with van der Waals surface area (Å²) in [5.74, 6) is 2.80. The zero-order valence-electron chi connectivity index (χ0n) is 25.3. The summed E-state index contributed by atoms with van der Waals surface area (Å²) in [6.45, 7) is 4.15. The monoisotopic (exact) mass is 584 g/mol. The molecule has 0 unspecified atom stereocenters. The first-order valence-electron chi connectivity index (χ1n) is 15.5. The molecule has 6 heteroatoms. The quantitative estimate of drug-likeness (QED) is 0.179. The van der Waals surface area contributed by atoms with Crippen molar-refractivity contribution in [3.05, 3.63) is 77.9 Å². The number of hydrogen-bond donors (Lipinski definition) is 0. The first kappa shape index (κ1) is 29.0. The predicted octanol–water partition coefficient (Wildman–Crippen LogP) is 7.89. The molecule has 0 bridgehead atoms. The summed E-state index contributed by atoms with van der Waals surface area (Å²) in [5.41, 5.74) is 3.87. The number of methoxy groups -OCH3 is 1. The standard InChI is InChI=1S/C36H44N2O3S/c1-37(2)33-8-4-5-9-34(33)41-29-14-10-26(11-15-29)24-32-31-19-18-30(39-3)25-35(31)42-36(32)27-12-16-28(17-13-27)40-23-22-38-20-6-7-21-38/h10-19,25,33-34H,4-9,20-24H2,1-3H3/t33-,34-/m0/s1. The van der Waals surface area contributed by atoms with Crippen molar-refractivity contribution in [1.82, 2.24) is 9.80 Å². The lowest BCUT2D eigenvalue weighted by Gasteiger charge is -2.36. The number of rotatable bonds is 11. The largest absolute Gasteiger partial charge is 0.497 e. The maximum Gasteiger partial charge on any atom is 0.120 e. The Balaban J connectivity index is 1.20. The van der Waals surface area contributed by atoms with Gasteiger partial charge in [-0.15, -0.1) is 11.3 Å². The molecule has 3 aromatic carbocycles. The minimum absolute atomic E-state index is 0.258. The highest BCUT2D eigenvalue weighted by molar-refractivity contribution is 7.22. The van der Waals surface area contributed by atoms with Crippen LogP contribution in [0, 0.1) is 0 Å². The van der Waals surface area contributed by atoms with Crippen LogP contribution in [-0.4, -0.2) is 69.4 Å². The van der Waals surface area contributed by atoms with E-state index in [1.54, 1.807) is 7.11 Å². The minimum Gasteiger partial charge on any atom is -0.497 e. The number of nitrogens with zero attached hydrogens (tertiary/aromatic N) is 2. The van der Waals surface area contributed by atoms with Crippen LogP contribution in [0.4, 0.5) is 0 Å². The molecule has 222 valence electrons. The Morgan fingerprint density at radius 1 is 0.833 bits per heavy atom. The molecule has 1 aromatic heterocycles. The highest BCUT2D eigenvalue weighted by atomic mass is 32.1. The highest BCUT2D eigenvalue weighted by Gasteiger charge is 2.28. The Morgan fingerprint density at radius 3 is 2.29 bits per heavy atom. The molecule has 2 aliphatic rings. The van der Waals surface area contributed by atoms with Gasteiger partial charge < -0.3 is 19.1 Å². The molecule has 0 amide bonds. The van der Waals surface area contributed by atoms with E-state index in [2.05, 4.69) is 90.6 Å². The molecule has 2 fully saturated rings. The fraction of sp³-hybridized carbons (Fsp3) is 0.444. The summed E-state index contributed by atoms with van der Waals surface area (Å²) >= 11 is 1.84. The van der Waals surface area contributed by atoms with Gasteiger partial charge in [-0.3, -0.25) is 4.90 Å². The second-order valence-electron chi connectivity index (χ2n) is 12.0. The summed E-state index contributed by atoms with van der Waals surface area (Å²) < 4.78 is 19.4. The lowest BCUT2D eigenvalue weighted by molar-refractivity contribution is 0.0622. The van der Waals surface area contributed by atoms with Crippen molar-refractivity contribution in [2.24, 2.45) is 0 Å². The van der Waals surface area contributed by atoms with E-state index in [-0.39, 0.29) is 6.10 Å². The Hall–Kier alpha value is -3.06. The van der Waals surface area contributed by atoms with E-state index in [4.69, 9.17) is 14.2 Å². The average Bonchev–Trinajstić information content (AvgIpc) is 3.66. The molecule has 6 rings (SSSR count). The molecule has 2 atom stereocenters. The summed E-state index contributed by atoms with van der Waals surface area (Å²) in [5, 5.41) is 1.29. The minimum atomic E-state index is 0.258. The average molecular weight is 585 g/mol. The maximum absolute atomic E-state index is 6.51. The van der Waals surface area contributed by atoms with E-state index >= 15 is 0 Å². The van der Waals surface area contributed by atoms with Gasteiger partial charge in [0.1, 0.15) is 30.0 Å². The SMILES string of the molecule is COc1ccc2c(Cc3ccc(O[C@H]4CCCC[C@@H]4N(C)C)cc3)c(-c3ccc(OCCN4CCCC4)cc3)sc2c1. The highest BCUT2D eigenvalue weighted by Crippen LogP contribution is 2.42. The fourth-order valence-corrected chi connectivity index (χ4v) is 7.79. The molecule has 4 aromatic rings. The van der Waals surface area contributed by atoms with Crippen LogP contribution >= 0.6 is 11.3 Å². The van der Waals surface area contributed by atoms with E-state index in [9.17, 15) is 0 Å². The Labute approximate surface area is 255 Å². The molecule has 0 N–H and O–H groups in total. The van der Waals surface area contributed by atoms with Crippen molar-refractivity contribution in [3.8, 4) is 27.7 Å². The van der Waals surface area contributed by atoms with Crippen molar-refractivity contribution in [3.63, 3.8) is 0 Å². The number of fused-ring (bicyclic) bond motifs is 1. The third-order valence-corrected chi connectivity index (χ3v) is 10.2. The van der Waals surface area contributed by atoms with Gasteiger partial charge in [-0.25, -0.2) is 0 Å². The Bertz CT molecular complexity index is 1440. The van der Waals surface area contributed by atoms with Crippen LogP contribution < -0.4 is 14.2 Å². The lowest BCUT2D eigenvalue weighted by atomic mass is 9.91. The molecule has 1 aliphatic heterocycles. The predicted molar refractivity (Wildman–Crippen MR) is 175 cm³/mol. The van der Waals surface area contributed by atoms with Crippen LogP contribution in [-0.2, 0) is 6.42 Å². The first-order chi connectivity index (χ1) is 20.6. The van der Waals surface area contributed by atoms with Crippen molar-refractivity contribution in [2.75, 3.05) is 47.4 Å². The molecule has 0 spiro atoms. The summed E-state index contributed by atoms with van der Waals surface area (Å²) in [4.78, 5) is 6.11. The van der Waals surface area contributed by atoms with Crippen LogP contribution in [0.1, 0.15) is 49.7 Å². The molecule has 0 radical (unpaired) electrons. The van der Waals surface area contributed by atoms with Crippen molar-refractivity contribution < 1.29 is 14.2 Å². The second-order valence-corrected chi connectivity index (χ2v) is 13.0. The lowest BCUT2D eigenvalue weighted by Crippen LogP contribution is -2.44. The first-order valence-corrected chi connectivity index (χ1v) is 16.4. The van der Waals surface area contributed by atoms with Gasteiger partial charge in [-0.1, -0.05) is 18.6 Å². The molecule has 2 heterocycles. The van der Waals surface area contributed by atoms with Gasteiger partial charge >= 0.3 is 0 Å². The van der Waals surface area contributed by atoms with Crippen molar-refractivity contribution in [1.29, 1.82) is 0 Å². The zero-order valence-corrected chi connectivity index (χ0v) is 26.1. The summed E-state index contributed by atoms with van der Waals surface area (Å²) in [6.07, 6.45) is 8.62. The Morgan fingerprint density at radius 2 is 1.55 bits per heavy atom. The van der Waals surface area contributed by atoms with Crippen LogP contribution in [0.5, 0.6) is 17.2 Å². The van der Waals surface area contributed by atoms with E-state index in [1.165, 1.54) is 76.8 Å². The Kier molecular flexibility index (Phi) is 9.33. The van der Waals surface area contributed by atoms with Gasteiger partial charge in [0.05, 0.1) is 7.11 Å². The van der Waals surface area contributed by atoms with E-state index in [1.807, 2.05) is 11.3 Å². The van der Waals surface area contributed by atoms with Gasteiger partial charge in [-0.05, 0) is 142 Å². The second kappa shape index (κ2) is 13.5. The number of benzene rings is 3. The molecule has 42 heavy (non-hydrogen) atoms. The van der Waals surface area contributed by atoms with Crippen LogP contribution in [0.25, 0.3) is 20.5 Å². The molecule has 1 saturated heterocycles. The smallest absolute Gasteiger partial charge is 0.120 e. The van der Waals surface area contributed by atoms with Gasteiger partial charge in [0.25, 0.3) is 0 Å². The normalized spacial score (nSPS) is 19.4. The van der Waals surface area contributed by atoms with E-state index in [0.717, 1.165) is 43.2 Å². The number of thiophene rings is 1. The van der Waals surface area contributed by atoms with Gasteiger partial charge in [0.15, 0.2) is 0 Å². The van der Waals surface area contributed by atoms with Gasteiger partial charge in [-0.2, -0.15) is 0 Å². The number of likely N-dealkylation sites (tertiary alicyclic amines) is 1. The van der Waals surface area contributed by atoms with Gasteiger partial charge in [0, 0.05) is 22.2 Å². The fourth-order valence-electron chi connectivity index (χ4n) is 6.54. The summed E-state index contributed by atoms with van der Waals surface area (Å²) in [7, 11) is 6.07. The molecule has 1 saturated carbocycles. The third kappa shape index (κ3) is 6.77.